The summed E-state index contributed by atoms with van der Waals surface area (Å²) >= 11 is 0. The van der Waals surface area contributed by atoms with Gasteiger partial charge in [-0.15, -0.1) is 0 Å². The molecule has 20 heavy (non-hydrogen) atoms. The second kappa shape index (κ2) is 6.53. The van der Waals surface area contributed by atoms with Crippen molar-refractivity contribution in [3.63, 3.8) is 0 Å². The van der Waals surface area contributed by atoms with E-state index < -0.39 is 0 Å². The van der Waals surface area contributed by atoms with E-state index in [0.717, 1.165) is 13.1 Å². The van der Waals surface area contributed by atoms with Gasteiger partial charge < -0.3 is 10.2 Å². The highest BCUT2D eigenvalue weighted by molar-refractivity contribution is 5.91. The summed E-state index contributed by atoms with van der Waals surface area (Å²) in [6, 6.07) is 9.11. The van der Waals surface area contributed by atoms with Gasteiger partial charge in [0, 0.05) is 17.5 Å². The van der Waals surface area contributed by atoms with Crippen LogP contribution in [0.2, 0.25) is 0 Å². The van der Waals surface area contributed by atoms with Crippen molar-refractivity contribution < 1.29 is 9.69 Å². The molecule has 0 aromatic heterocycles. The Morgan fingerprint density at radius 3 is 2.75 bits per heavy atom. The van der Waals surface area contributed by atoms with E-state index in [1.807, 2.05) is 6.07 Å². The molecule has 1 heterocycles. The number of carbonyl (C=O) groups is 1. The summed E-state index contributed by atoms with van der Waals surface area (Å²) in [5, 5.41) is 11.7. The maximum absolute atomic E-state index is 12.1. The summed E-state index contributed by atoms with van der Waals surface area (Å²) in [4.78, 5) is 13.4. The van der Waals surface area contributed by atoms with E-state index in [9.17, 15) is 4.79 Å². The van der Waals surface area contributed by atoms with Crippen molar-refractivity contribution in [3.8, 4) is 6.07 Å². The molecular formula is C16H22N3O+. The van der Waals surface area contributed by atoms with Crippen LogP contribution in [-0.4, -0.2) is 25.5 Å². The average molecular weight is 272 g/mol. The molecule has 0 bridgehead atoms. The predicted octanol–water partition coefficient (Wildman–Crippen LogP) is 1.06. The Morgan fingerprint density at radius 1 is 1.40 bits per heavy atom. The first-order valence-electron chi connectivity index (χ1n) is 7.20. The highest BCUT2D eigenvalue weighted by Gasteiger charge is 2.26. The number of nitriles is 1. The minimum Gasteiger partial charge on any atom is -0.327 e. The number of nitrogens with one attached hydrogen (secondary N) is 2. The number of piperidine rings is 1. The zero-order valence-electron chi connectivity index (χ0n) is 12.1. The molecule has 2 N–H and O–H groups in total. The number of likely N-dealkylation sites (tertiary alicyclic amines) is 1. The fraction of sp³-hybridized carbons (Fsp3) is 0.500. The Hall–Kier alpha value is -1.86. The molecule has 1 aromatic rings. The van der Waals surface area contributed by atoms with Gasteiger partial charge in [-0.2, -0.15) is 5.26 Å². The van der Waals surface area contributed by atoms with Crippen molar-refractivity contribution >= 4 is 11.6 Å². The van der Waals surface area contributed by atoms with Gasteiger partial charge >= 0.3 is 0 Å². The van der Waals surface area contributed by atoms with Crippen molar-refractivity contribution in [2.24, 2.45) is 11.8 Å². The minimum absolute atomic E-state index is 0.0244. The fourth-order valence-corrected chi connectivity index (χ4v) is 3.17. The first-order chi connectivity index (χ1) is 9.56. The van der Waals surface area contributed by atoms with Crippen LogP contribution >= 0.6 is 0 Å². The molecule has 4 heteroatoms. The lowest BCUT2D eigenvalue weighted by atomic mass is 9.92. The summed E-state index contributed by atoms with van der Waals surface area (Å²) < 4.78 is 0. The van der Waals surface area contributed by atoms with E-state index >= 15 is 0 Å². The maximum Gasteiger partial charge on any atom is 0.279 e. The van der Waals surface area contributed by atoms with Gasteiger partial charge in [-0.1, -0.05) is 19.9 Å². The van der Waals surface area contributed by atoms with Crippen molar-refractivity contribution in [2.75, 3.05) is 25.0 Å². The SMILES string of the molecule is C[C@@H]1C[C@H](C)C[NH+](CC(=O)Nc2cccc(C#N)c2)C1. The molecule has 0 radical (unpaired) electrons. The average Bonchev–Trinajstić information content (AvgIpc) is 2.37. The lowest BCUT2D eigenvalue weighted by Crippen LogP contribution is -3.15. The van der Waals surface area contributed by atoms with Gasteiger partial charge in [0.15, 0.2) is 6.54 Å². The molecule has 0 aliphatic carbocycles. The summed E-state index contributed by atoms with van der Waals surface area (Å²) in [6.07, 6.45) is 1.26. The zero-order chi connectivity index (χ0) is 14.5. The molecule has 1 amide bonds. The number of rotatable bonds is 3. The van der Waals surface area contributed by atoms with E-state index in [2.05, 4.69) is 25.2 Å². The normalized spacial score (nSPS) is 25.8. The standard InChI is InChI=1S/C16H21N3O/c1-12-6-13(2)10-19(9-12)11-16(20)18-15-5-3-4-14(7-15)8-17/h3-5,7,12-13H,6,9-11H2,1-2H3,(H,18,20)/p+1/t12-,13+. The second-order valence-electron chi connectivity index (χ2n) is 6.02. The number of hydrogen-bond donors (Lipinski definition) is 2. The molecule has 2 rings (SSSR count). The third-order valence-electron chi connectivity index (χ3n) is 3.76. The highest BCUT2D eigenvalue weighted by atomic mass is 16.2. The Labute approximate surface area is 120 Å². The fourth-order valence-electron chi connectivity index (χ4n) is 3.17. The van der Waals surface area contributed by atoms with Crippen molar-refractivity contribution in [1.82, 2.24) is 0 Å². The molecule has 4 nitrogen and oxygen atoms in total. The van der Waals surface area contributed by atoms with Crippen LogP contribution in [0, 0.1) is 23.2 Å². The molecule has 106 valence electrons. The highest BCUT2D eigenvalue weighted by Crippen LogP contribution is 2.12. The van der Waals surface area contributed by atoms with Crippen LogP contribution in [0.3, 0.4) is 0 Å². The van der Waals surface area contributed by atoms with Gasteiger partial charge in [0.25, 0.3) is 5.91 Å². The van der Waals surface area contributed by atoms with Crippen molar-refractivity contribution in [3.05, 3.63) is 29.8 Å². The number of carbonyl (C=O) groups excluding carboxylic acids is 1. The number of benzene rings is 1. The monoisotopic (exact) mass is 272 g/mol. The van der Waals surface area contributed by atoms with Crippen LogP contribution in [0.1, 0.15) is 25.8 Å². The van der Waals surface area contributed by atoms with E-state index in [1.165, 1.54) is 11.3 Å². The third kappa shape index (κ3) is 4.07. The second-order valence-corrected chi connectivity index (χ2v) is 6.02. The Balaban J connectivity index is 1.90. The molecule has 1 aliphatic rings. The van der Waals surface area contributed by atoms with E-state index in [1.54, 1.807) is 18.2 Å². The van der Waals surface area contributed by atoms with Crippen LogP contribution in [-0.2, 0) is 4.79 Å². The first kappa shape index (κ1) is 14.5. The van der Waals surface area contributed by atoms with Crippen LogP contribution < -0.4 is 10.2 Å². The summed E-state index contributed by atoms with van der Waals surface area (Å²) in [5.41, 5.74) is 1.27. The molecule has 1 saturated heterocycles. The molecule has 1 fully saturated rings. The minimum atomic E-state index is 0.0244. The lowest BCUT2D eigenvalue weighted by Gasteiger charge is -2.31. The quantitative estimate of drug-likeness (QED) is 0.864. The smallest absolute Gasteiger partial charge is 0.279 e. The summed E-state index contributed by atoms with van der Waals surface area (Å²) in [6.45, 7) is 7.14. The van der Waals surface area contributed by atoms with Gasteiger partial charge in [-0.3, -0.25) is 4.79 Å². The Morgan fingerprint density at radius 2 is 2.10 bits per heavy atom. The van der Waals surface area contributed by atoms with Gasteiger partial charge in [0.2, 0.25) is 0 Å². The zero-order valence-corrected chi connectivity index (χ0v) is 12.1. The predicted molar refractivity (Wildman–Crippen MR) is 78.3 cm³/mol. The van der Waals surface area contributed by atoms with Crippen LogP contribution in [0.4, 0.5) is 5.69 Å². The maximum atomic E-state index is 12.1. The Kier molecular flexibility index (Phi) is 4.75. The number of anilines is 1. The first-order valence-corrected chi connectivity index (χ1v) is 7.20. The van der Waals surface area contributed by atoms with Gasteiger partial charge in [0.05, 0.1) is 24.7 Å². The van der Waals surface area contributed by atoms with Crippen LogP contribution in [0.15, 0.2) is 24.3 Å². The molecular weight excluding hydrogens is 250 g/mol. The molecule has 1 aliphatic heterocycles. The summed E-state index contributed by atoms with van der Waals surface area (Å²) in [7, 11) is 0. The summed E-state index contributed by atoms with van der Waals surface area (Å²) in [5.74, 6) is 1.39. The van der Waals surface area contributed by atoms with Gasteiger partial charge in [-0.25, -0.2) is 0 Å². The molecule has 0 spiro atoms. The van der Waals surface area contributed by atoms with Gasteiger partial charge in [-0.05, 0) is 24.6 Å². The number of quaternary nitrogens is 1. The topological polar surface area (TPSA) is 57.3 Å². The third-order valence-corrected chi connectivity index (χ3v) is 3.76. The van der Waals surface area contributed by atoms with Crippen molar-refractivity contribution in [2.45, 2.75) is 20.3 Å². The largest absolute Gasteiger partial charge is 0.327 e. The van der Waals surface area contributed by atoms with E-state index in [0.29, 0.717) is 29.6 Å². The van der Waals surface area contributed by atoms with Crippen LogP contribution in [0.5, 0.6) is 0 Å². The van der Waals surface area contributed by atoms with E-state index in [-0.39, 0.29) is 5.91 Å². The molecule has 1 unspecified atom stereocenters. The van der Waals surface area contributed by atoms with E-state index in [4.69, 9.17) is 5.26 Å². The molecule has 3 atom stereocenters. The van der Waals surface area contributed by atoms with Crippen LogP contribution in [0.25, 0.3) is 0 Å². The molecule has 0 saturated carbocycles. The Bertz CT molecular complexity index is 511. The molecule has 1 aromatic carbocycles. The number of hydrogen-bond acceptors (Lipinski definition) is 2. The lowest BCUT2D eigenvalue weighted by molar-refractivity contribution is -0.904. The number of nitrogens with zero attached hydrogens (tertiary/aromatic N) is 1. The van der Waals surface area contributed by atoms with Gasteiger partial charge in [0.1, 0.15) is 0 Å². The van der Waals surface area contributed by atoms with Crippen molar-refractivity contribution in [1.29, 1.82) is 5.26 Å². The number of amides is 1.